The van der Waals surface area contributed by atoms with E-state index < -0.39 is 97.5 Å². The van der Waals surface area contributed by atoms with Crippen molar-refractivity contribution in [3.8, 4) is 0 Å². The number of aliphatic hydroxyl groups is 1. The van der Waals surface area contributed by atoms with Crippen LogP contribution >= 0.6 is 15.6 Å². The van der Waals surface area contributed by atoms with Crippen LogP contribution in [-0.2, 0) is 65.4 Å². The summed E-state index contributed by atoms with van der Waals surface area (Å²) in [6.07, 6.45) is 63.0. The van der Waals surface area contributed by atoms with Crippen molar-refractivity contribution in [3.63, 3.8) is 0 Å². The molecule has 0 radical (unpaired) electrons. The molecule has 3 N–H and O–H groups in total. The van der Waals surface area contributed by atoms with Crippen LogP contribution in [0.25, 0.3) is 0 Å². The summed E-state index contributed by atoms with van der Waals surface area (Å²) in [5.74, 6) is -2.12. The van der Waals surface area contributed by atoms with Gasteiger partial charge in [-0.1, -0.05) is 362 Å². The minimum absolute atomic E-state index is 0.107. The molecule has 0 aromatic heterocycles. The Morgan fingerprint density at radius 2 is 0.417 bits per heavy atom. The Hall–Kier alpha value is -1.94. The van der Waals surface area contributed by atoms with Gasteiger partial charge in [0.1, 0.15) is 19.3 Å². The molecule has 96 heavy (non-hydrogen) atoms. The molecule has 0 fully saturated rings. The lowest BCUT2D eigenvalue weighted by atomic mass is 10.0. The molecule has 570 valence electrons. The molecule has 0 amide bonds. The first-order valence-electron chi connectivity index (χ1n) is 40.3. The van der Waals surface area contributed by atoms with Crippen LogP contribution in [0, 0.1) is 0 Å². The van der Waals surface area contributed by atoms with E-state index >= 15 is 0 Å². The van der Waals surface area contributed by atoms with Gasteiger partial charge in [-0.15, -0.1) is 0 Å². The van der Waals surface area contributed by atoms with Crippen LogP contribution in [0.2, 0.25) is 0 Å². The number of ether oxygens (including phenoxy) is 4. The summed E-state index contributed by atoms with van der Waals surface area (Å²) >= 11 is 0. The summed E-state index contributed by atoms with van der Waals surface area (Å²) in [5, 5.41) is 10.6. The van der Waals surface area contributed by atoms with Gasteiger partial charge < -0.3 is 33.8 Å². The molecule has 0 heterocycles. The maximum Gasteiger partial charge on any atom is 0.472 e. The number of unbranched alkanes of at least 4 members (excludes halogenated alkanes) is 52. The molecule has 0 bridgehead atoms. The van der Waals surface area contributed by atoms with E-state index in [-0.39, 0.29) is 25.7 Å². The topological polar surface area (TPSA) is 237 Å². The predicted molar refractivity (Wildman–Crippen MR) is 391 cm³/mol. The zero-order chi connectivity index (χ0) is 70.4. The van der Waals surface area contributed by atoms with E-state index in [2.05, 4.69) is 27.7 Å². The van der Waals surface area contributed by atoms with Gasteiger partial charge in [-0.3, -0.25) is 37.3 Å². The van der Waals surface area contributed by atoms with Crippen molar-refractivity contribution >= 4 is 39.5 Å². The smallest absolute Gasteiger partial charge is 0.462 e. The van der Waals surface area contributed by atoms with Crippen LogP contribution < -0.4 is 0 Å². The second-order valence-corrected chi connectivity index (χ2v) is 30.7. The van der Waals surface area contributed by atoms with Crippen LogP contribution in [0.15, 0.2) is 0 Å². The van der Waals surface area contributed by atoms with Crippen LogP contribution in [0.1, 0.15) is 413 Å². The molecule has 0 saturated carbocycles. The zero-order valence-corrected chi connectivity index (χ0v) is 64.1. The standard InChI is InChI=1S/C77H150O17P2/c1-5-9-13-17-20-23-26-29-31-33-34-35-36-37-39-41-43-46-49-52-56-60-64-77(82)94-73(68-88-75(80)62-58-54-50-47-45-42-40-38-32-30-27-24-21-18-14-10-6-2)70-92-96(85,86)90-66-71(78)65-89-95(83,84)91-69-72(67-87-74(79)61-57-53-16-12-8-4)93-76(81)63-59-55-51-48-44-28-25-22-19-15-11-7-3/h71-73,78H,5-70H2,1-4H3,(H,83,84)(H,85,86)/t71-,72+,73+/m0/s1. The lowest BCUT2D eigenvalue weighted by molar-refractivity contribution is -0.161. The summed E-state index contributed by atoms with van der Waals surface area (Å²) in [5.41, 5.74) is 0. The van der Waals surface area contributed by atoms with Crippen molar-refractivity contribution in [2.45, 2.75) is 431 Å². The molecular formula is C77H150O17P2. The van der Waals surface area contributed by atoms with Gasteiger partial charge in [-0.05, 0) is 25.7 Å². The summed E-state index contributed by atoms with van der Waals surface area (Å²) in [6, 6.07) is 0. The molecule has 19 heteroatoms. The van der Waals surface area contributed by atoms with Gasteiger partial charge in [0.25, 0.3) is 0 Å². The van der Waals surface area contributed by atoms with Gasteiger partial charge in [-0.2, -0.15) is 0 Å². The number of carbonyl (C=O) groups is 4. The monoisotopic (exact) mass is 1410 g/mol. The second kappa shape index (κ2) is 71.5. The third kappa shape index (κ3) is 70.5. The Morgan fingerprint density at radius 3 is 0.615 bits per heavy atom. The number of esters is 4. The average Bonchev–Trinajstić information content (AvgIpc) is 1.37. The number of rotatable bonds is 78. The Morgan fingerprint density at radius 1 is 0.250 bits per heavy atom. The molecule has 0 spiro atoms. The minimum Gasteiger partial charge on any atom is -0.462 e. The van der Waals surface area contributed by atoms with E-state index in [0.29, 0.717) is 25.7 Å². The van der Waals surface area contributed by atoms with Crippen LogP contribution in [0.4, 0.5) is 0 Å². The summed E-state index contributed by atoms with van der Waals surface area (Å²) in [6.45, 7) is 4.90. The normalized spacial score (nSPS) is 13.9. The number of carbonyl (C=O) groups excluding carboxylic acids is 4. The number of phosphoric acid groups is 2. The predicted octanol–water partition coefficient (Wildman–Crippen LogP) is 23.0. The fourth-order valence-corrected chi connectivity index (χ4v) is 13.5. The number of aliphatic hydroxyl groups excluding tert-OH is 1. The fourth-order valence-electron chi connectivity index (χ4n) is 11.9. The van der Waals surface area contributed by atoms with E-state index in [4.69, 9.17) is 37.0 Å². The fraction of sp³-hybridized carbons (Fsp3) is 0.948. The van der Waals surface area contributed by atoms with Crippen molar-refractivity contribution in [3.05, 3.63) is 0 Å². The molecule has 0 aromatic carbocycles. The van der Waals surface area contributed by atoms with Crippen LogP contribution in [-0.4, -0.2) is 96.7 Å². The van der Waals surface area contributed by atoms with Crippen molar-refractivity contribution < 1.29 is 80.2 Å². The van der Waals surface area contributed by atoms with E-state index in [1.807, 2.05) is 0 Å². The van der Waals surface area contributed by atoms with E-state index in [1.165, 1.54) is 238 Å². The molecule has 0 aliphatic rings. The third-order valence-electron chi connectivity index (χ3n) is 18.1. The number of phosphoric ester groups is 2. The van der Waals surface area contributed by atoms with Gasteiger partial charge in [0.05, 0.1) is 26.4 Å². The van der Waals surface area contributed by atoms with Crippen LogP contribution in [0.3, 0.4) is 0 Å². The Kier molecular flexibility index (Phi) is 70.0. The number of hydrogen-bond donors (Lipinski definition) is 3. The average molecular weight is 1410 g/mol. The first kappa shape index (κ1) is 94.1. The summed E-state index contributed by atoms with van der Waals surface area (Å²) in [7, 11) is -9.90. The quantitative estimate of drug-likeness (QED) is 0.0222. The van der Waals surface area contributed by atoms with E-state index in [1.54, 1.807) is 0 Å². The molecule has 5 atom stereocenters. The molecule has 0 rings (SSSR count). The van der Waals surface area contributed by atoms with Crippen LogP contribution in [0.5, 0.6) is 0 Å². The Bertz CT molecular complexity index is 1830. The zero-order valence-electron chi connectivity index (χ0n) is 62.4. The SMILES string of the molecule is CCCCCCCCCCCCCCCCCCCCCCCCC(=O)O[C@H](COC(=O)CCCCCCCCCCCCCCCCCCC)COP(=O)(O)OC[C@@H](O)COP(=O)(O)OC[C@@H](COC(=O)CCCCCCC)OC(=O)CCCCCCCCCCCCCC. The van der Waals surface area contributed by atoms with Gasteiger partial charge >= 0.3 is 39.5 Å². The van der Waals surface area contributed by atoms with Crippen molar-refractivity contribution in [1.29, 1.82) is 0 Å². The highest BCUT2D eigenvalue weighted by Gasteiger charge is 2.30. The van der Waals surface area contributed by atoms with Crippen molar-refractivity contribution in [2.24, 2.45) is 0 Å². The molecule has 0 aromatic rings. The second-order valence-electron chi connectivity index (χ2n) is 27.7. The molecule has 2 unspecified atom stereocenters. The highest BCUT2D eigenvalue weighted by molar-refractivity contribution is 7.47. The van der Waals surface area contributed by atoms with Gasteiger partial charge in [0, 0.05) is 25.7 Å². The Balaban J connectivity index is 5.10. The Labute approximate surface area is 588 Å². The highest BCUT2D eigenvalue weighted by Crippen LogP contribution is 2.45. The molecular weight excluding hydrogens is 1260 g/mol. The summed E-state index contributed by atoms with van der Waals surface area (Å²) < 4.78 is 68.3. The first-order valence-corrected chi connectivity index (χ1v) is 43.3. The highest BCUT2D eigenvalue weighted by atomic mass is 31.2. The van der Waals surface area contributed by atoms with Gasteiger partial charge in [-0.25, -0.2) is 9.13 Å². The lowest BCUT2D eigenvalue weighted by Crippen LogP contribution is -2.30. The molecule has 0 aliphatic heterocycles. The molecule has 0 saturated heterocycles. The largest absolute Gasteiger partial charge is 0.472 e. The third-order valence-corrected chi connectivity index (χ3v) is 20.0. The maximum absolute atomic E-state index is 13.1. The van der Waals surface area contributed by atoms with E-state index in [9.17, 15) is 43.2 Å². The van der Waals surface area contributed by atoms with Crippen molar-refractivity contribution in [1.82, 2.24) is 0 Å². The van der Waals surface area contributed by atoms with E-state index in [0.717, 1.165) is 96.3 Å². The minimum atomic E-state index is -4.95. The molecule has 17 nitrogen and oxygen atoms in total. The summed E-state index contributed by atoms with van der Waals surface area (Å²) in [4.78, 5) is 72.5. The lowest BCUT2D eigenvalue weighted by Gasteiger charge is -2.21. The van der Waals surface area contributed by atoms with Gasteiger partial charge in [0.2, 0.25) is 0 Å². The van der Waals surface area contributed by atoms with Gasteiger partial charge in [0.15, 0.2) is 12.2 Å². The first-order chi connectivity index (χ1) is 46.7. The number of hydrogen-bond acceptors (Lipinski definition) is 15. The molecule has 0 aliphatic carbocycles. The van der Waals surface area contributed by atoms with Crippen molar-refractivity contribution in [2.75, 3.05) is 39.6 Å². The maximum atomic E-state index is 13.1.